The number of nitrogens with one attached hydrogen (secondary N) is 2. The van der Waals surface area contributed by atoms with E-state index in [1.54, 1.807) is 0 Å². The number of hydrogen-bond acceptors (Lipinski definition) is 13. The molecule has 332 valence electrons. The van der Waals surface area contributed by atoms with Crippen molar-refractivity contribution in [3.63, 3.8) is 0 Å². The number of benzene rings is 2. The number of halogens is 2. The maximum atomic E-state index is 12.9. The van der Waals surface area contributed by atoms with Gasteiger partial charge in [-0.3, -0.25) is 33.8 Å². The lowest BCUT2D eigenvalue weighted by Crippen LogP contribution is -2.56. The predicted octanol–water partition coefficient (Wildman–Crippen LogP) is 4.51. The van der Waals surface area contributed by atoms with Gasteiger partial charge in [0.2, 0.25) is 0 Å². The Morgan fingerprint density at radius 3 is 2.18 bits per heavy atom. The van der Waals surface area contributed by atoms with E-state index in [4.69, 9.17) is 37.6 Å². The average molecular weight is 899 g/mol. The van der Waals surface area contributed by atoms with Gasteiger partial charge in [0.25, 0.3) is 17.8 Å². The topological polar surface area (TPSA) is 269 Å². The first-order valence-corrected chi connectivity index (χ1v) is 20.5. The van der Waals surface area contributed by atoms with Gasteiger partial charge in [0.15, 0.2) is 17.2 Å². The van der Waals surface area contributed by atoms with Gasteiger partial charge in [0.05, 0.1) is 42.2 Å². The van der Waals surface area contributed by atoms with Crippen LogP contribution >= 0.6 is 23.2 Å². The van der Waals surface area contributed by atoms with E-state index in [1.807, 2.05) is 58.0 Å². The highest BCUT2D eigenvalue weighted by molar-refractivity contribution is 6.50. The Morgan fingerprint density at radius 2 is 1.60 bits per heavy atom. The summed E-state index contributed by atoms with van der Waals surface area (Å²) in [5.41, 5.74) is -1.20. The number of carboxylic acid groups (broad SMARTS) is 2. The second-order valence-corrected chi connectivity index (χ2v) is 16.6. The number of amides is 2. The van der Waals surface area contributed by atoms with Crippen LogP contribution in [0.4, 0.5) is 0 Å². The molecule has 1 unspecified atom stereocenters. The van der Waals surface area contributed by atoms with Crippen LogP contribution in [0.3, 0.4) is 0 Å². The molecule has 1 fully saturated rings. The van der Waals surface area contributed by atoms with E-state index < -0.39 is 85.9 Å². The summed E-state index contributed by atoms with van der Waals surface area (Å²) < 4.78 is 10.7. The molecule has 1 saturated heterocycles. The highest BCUT2D eigenvalue weighted by Gasteiger charge is 2.54. The van der Waals surface area contributed by atoms with Crippen LogP contribution in [0.1, 0.15) is 92.6 Å². The van der Waals surface area contributed by atoms with E-state index in [9.17, 15) is 48.7 Å². The molecule has 1 aliphatic rings. The number of nitrogens with zero attached hydrogens (tertiary/aromatic N) is 2. The molecule has 17 nitrogen and oxygen atoms in total. The Balaban J connectivity index is 0.000000336. The van der Waals surface area contributed by atoms with Gasteiger partial charge in [0, 0.05) is 41.9 Å². The number of aromatic nitrogens is 2. The lowest BCUT2D eigenvalue weighted by molar-refractivity contribution is -0.175. The molecule has 0 saturated carbocycles. The minimum atomic E-state index is -2.30. The second-order valence-electron chi connectivity index (χ2n) is 15.7. The average Bonchev–Trinajstić information content (AvgIpc) is 3.20. The summed E-state index contributed by atoms with van der Waals surface area (Å²) in [4.78, 5) is 93.4. The third-order valence-electron chi connectivity index (χ3n) is 9.55. The minimum absolute atomic E-state index is 0.000545. The van der Waals surface area contributed by atoms with Gasteiger partial charge >= 0.3 is 26.2 Å². The SMILES string of the molecule is CC(C)C[C@H](CC(=O)CNC(=O)c1cc(Cl)ccc1Cl)B1OC(=O)CC(CC(=O)O)(C(=O)O)O1.CC(C)C[C@H](CC(=O)[C@H](Cc1ccccc1)NC(=O)c1cnccn1)B(O)O. The Hall–Kier alpha value is -5.20. The van der Waals surface area contributed by atoms with E-state index in [1.165, 1.54) is 36.8 Å². The van der Waals surface area contributed by atoms with Crippen LogP contribution in [0.5, 0.6) is 0 Å². The van der Waals surface area contributed by atoms with E-state index >= 15 is 0 Å². The summed E-state index contributed by atoms with van der Waals surface area (Å²) in [5.74, 6) is -6.96. The number of carboxylic acids is 2. The number of ketones is 2. The standard InChI is InChI=1S/C21H24BCl2NO9.C20H26BN3O4/c1-11(2)5-12(22-33-18(29)9-21(34-22,20(31)32)8-17(27)28)6-14(26)10-25-19(30)15-7-13(23)3-4-16(15)24;1-14(2)10-16(21(27)28)12-19(25)17(11-15-6-4-3-5-7-15)24-20(26)18-13-22-8-9-23-18/h3-4,7,11-12H,5-6,8-10H2,1-2H3,(H,25,30)(H,27,28)(H,31,32);3-9,13-14,16-17,27-28H,10-12H2,1-2H3,(H,24,26)/t12-,21?;16-,17+/m11/s1. The van der Waals surface area contributed by atoms with E-state index in [0.717, 1.165) is 5.56 Å². The smallest absolute Gasteiger partial charge is 0.509 e. The van der Waals surface area contributed by atoms with Crippen molar-refractivity contribution in [1.29, 1.82) is 0 Å². The highest BCUT2D eigenvalue weighted by atomic mass is 35.5. The summed E-state index contributed by atoms with van der Waals surface area (Å²) in [5, 5.41) is 43.6. The van der Waals surface area contributed by atoms with Crippen molar-refractivity contribution >= 4 is 78.7 Å². The number of hydrogen-bond donors (Lipinski definition) is 6. The summed E-state index contributed by atoms with van der Waals surface area (Å²) in [7, 11) is -3.03. The lowest BCUT2D eigenvalue weighted by Gasteiger charge is -2.37. The quantitative estimate of drug-likeness (QED) is 0.0803. The van der Waals surface area contributed by atoms with Gasteiger partial charge in [-0.1, -0.05) is 81.2 Å². The molecule has 4 rings (SSSR count). The molecule has 0 bridgehead atoms. The first-order valence-electron chi connectivity index (χ1n) is 19.8. The first-order chi connectivity index (χ1) is 29.2. The van der Waals surface area contributed by atoms with Crippen molar-refractivity contribution in [2.45, 2.75) is 95.9 Å². The molecule has 4 atom stereocenters. The highest BCUT2D eigenvalue weighted by Crippen LogP contribution is 2.36. The molecule has 2 heterocycles. The Morgan fingerprint density at radius 1 is 0.919 bits per heavy atom. The molecule has 3 aromatic rings. The fraction of sp³-hybridized carbons (Fsp3) is 0.439. The molecule has 62 heavy (non-hydrogen) atoms. The zero-order valence-corrected chi connectivity index (χ0v) is 36.2. The van der Waals surface area contributed by atoms with Gasteiger partial charge in [-0.2, -0.15) is 0 Å². The number of carbonyl (C=O) groups is 7. The van der Waals surface area contributed by atoms with Crippen molar-refractivity contribution in [2.75, 3.05) is 6.54 Å². The van der Waals surface area contributed by atoms with Gasteiger partial charge < -0.3 is 40.2 Å². The van der Waals surface area contributed by atoms with Crippen molar-refractivity contribution < 1.29 is 63.1 Å². The van der Waals surface area contributed by atoms with Gasteiger partial charge in [-0.25, -0.2) is 9.78 Å². The van der Waals surface area contributed by atoms with Crippen LogP contribution in [0.2, 0.25) is 21.7 Å². The van der Waals surface area contributed by atoms with Crippen LogP contribution in [0.25, 0.3) is 0 Å². The Bertz CT molecular complexity index is 2030. The molecule has 1 aliphatic heterocycles. The molecule has 2 amide bonds. The fourth-order valence-corrected chi connectivity index (χ4v) is 7.08. The Kier molecular flexibility index (Phi) is 20.2. The van der Waals surface area contributed by atoms with E-state index in [-0.39, 0.29) is 58.3 Å². The van der Waals surface area contributed by atoms with Crippen molar-refractivity contribution in [3.05, 3.63) is 94.0 Å². The van der Waals surface area contributed by atoms with Crippen LogP contribution < -0.4 is 10.6 Å². The van der Waals surface area contributed by atoms with Crippen LogP contribution in [-0.4, -0.2) is 104 Å². The lowest BCUT2D eigenvalue weighted by atomic mass is 9.63. The molecule has 1 aromatic heterocycles. The molecule has 0 radical (unpaired) electrons. The second kappa shape index (κ2) is 24.4. The monoisotopic (exact) mass is 898 g/mol. The zero-order chi connectivity index (χ0) is 46.1. The number of rotatable bonds is 21. The largest absolute Gasteiger partial charge is 0.531 e. The maximum absolute atomic E-state index is 12.9. The van der Waals surface area contributed by atoms with Gasteiger partial charge in [-0.05, 0) is 54.9 Å². The summed E-state index contributed by atoms with van der Waals surface area (Å²) in [6, 6.07) is 12.9. The zero-order valence-electron chi connectivity index (χ0n) is 34.7. The summed E-state index contributed by atoms with van der Waals surface area (Å²) in [6.07, 6.45) is 3.33. The maximum Gasteiger partial charge on any atom is 0.531 e. The van der Waals surface area contributed by atoms with Crippen molar-refractivity contribution in [2.24, 2.45) is 11.8 Å². The first kappa shape index (κ1) is 51.2. The number of carbonyl (C=O) groups excluding carboxylic acids is 5. The van der Waals surface area contributed by atoms with Crippen molar-refractivity contribution in [3.8, 4) is 0 Å². The molecule has 6 N–H and O–H groups in total. The van der Waals surface area contributed by atoms with Gasteiger partial charge in [0.1, 0.15) is 5.69 Å². The molecule has 0 spiro atoms. The minimum Gasteiger partial charge on any atom is -0.509 e. The third-order valence-corrected chi connectivity index (χ3v) is 10.1. The Labute approximate surface area is 369 Å². The molecular formula is C41H50B2Cl2N4O13. The van der Waals surface area contributed by atoms with E-state index in [0.29, 0.717) is 19.3 Å². The molecule has 21 heteroatoms. The molecule has 2 aromatic carbocycles. The van der Waals surface area contributed by atoms with Gasteiger partial charge in [-0.15, -0.1) is 0 Å². The van der Waals surface area contributed by atoms with Crippen LogP contribution in [-0.2, 0) is 39.7 Å². The van der Waals surface area contributed by atoms with E-state index in [2.05, 4.69) is 20.6 Å². The number of aliphatic carboxylic acids is 2. The molecular weight excluding hydrogens is 849 g/mol. The van der Waals surface area contributed by atoms with Crippen LogP contribution in [0, 0.1) is 11.8 Å². The fourth-order valence-electron chi connectivity index (χ4n) is 6.70. The molecule has 0 aliphatic carbocycles. The third kappa shape index (κ3) is 16.6. The predicted molar refractivity (Wildman–Crippen MR) is 228 cm³/mol. The summed E-state index contributed by atoms with van der Waals surface area (Å²) in [6.45, 7) is 7.21. The summed E-state index contributed by atoms with van der Waals surface area (Å²) >= 11 is 11.9. The normalized spacial score (nSPS) is 16.2. The number of Topliss-reactive ketones (excluding diaryl/α,β-unsaturated/α-hetero) is 2. The van der Waals surface area contributed by atoms with Crippen LogP contribution in [0.15, 0.2) is 67.1 Å². The van der Waals surface area contributed by atoms with Crippen molar-refractivity contribution in [1.82, 2.24) is 20.6 Å².